The molecular formula is CH3ClO2S. The molecule has 0 aliphatic heterocycles. The summed E-state index contributed by atoms with van der Waals surface area (Å²) in [6.07, 6.45) is -3.07. The summed E-state index contributed by atoms with van der Waals surface area (Å²) in [7, 11) is 0.0509. The van der Waals surface area contributed by atoms with Crippen LogP contribution in [0.2, 0.25) is 0 Å². The molecule has 0 unspecified atom stereocenters. The molecule has 0 saturated heterocycles. The van der Waals surface area contributed by atoms with Gasteiger partial charge in [0.1, 0.15) is 0 Å². The molecule has 0 amide bonds. The van der Waals surface area contributed by atoms with Crippen molar-refractivity contribution in [3.63, 3.8) is 0 Å². The zero-order valence-corrected chi connectivity index (χ0v) is 3.68. The van der Waals surface area contributed by atoms with Crippen LogP contribution in [0.5, 0.6) is 0 Å². The molecule has 0 aromatic heterocycles. The van der Waals surface area contributed by atoms with E-state index < -0.39 is 15.2 Å². The maximum absolute atomic E-state index is 9.86. The van der Waals surface area contributed by atoms with Crippen molar-refractivity contribution in [3.05, 3.63) is 0 Å². The fourth-order valence-corrected chi connectivity index (χ4v) is 0. The van der Waals surface area contributed by atoms with Crippen LogP contribution in [0.4, 0.5) is 0 Å². The summed E-state index contributed by atoms with van der Waals surface area (Å²) in [4.78, 5) is 0. The molecule has 0 bridgehead atoms. The van der Waals surface area contributed by atoms with Gasteiger partial charge in [-0.3, -0.25) is 0 Å². The first-order valence-electron chi connectivity index (χ1n) is 2.19. The Labute approximate surface area is 39.4 Å². The van der Waals surface area contributed by atoms with Crippen molar-refractivity contribution in [1.29, 1.82) is 0 Å². The molecule has 0 heterocycles. The van der Waals surface area contributed by atoms with Gasteiger partial charge in [0, 0.05) is 14.8 Å². The van der Waals surface area contributed by atoms with Gasteiger partial charge >= 0.3 is 0 Å². The molecule has 0 spiro atoms. The molecule has 4 heteroatoms. The van der Waals surface area contributed by atoms with Crippen LogP contribution in [-0.4, -0.2) is 14.6 Å². The standard InChI is InChI=1S/CH3ClO2S/c1-5(2,3)4/h1H3/i1D3. The minimum Gasteiger partial charge on any atom is -0.213 e. The number of rotatable bonds is 0. The van der Waals surface area contributed by atoms with Gasteiger partial charge in [0.2, 0.25) is 9.05 Å². The first-order valence-corrected chi connectivity index (χ1v) is 3.00. The molecule has 2 nitrogen and oxygen atoms in total. The average Bonchev–Trinajstić information content (AvgIpc) is 1.25. The highest BCUT2D eigenvalue weighted by Gasteiger charge is 1.83. The Morgan fingerprint density at radius 2 is 2.20 bits per heavy atom. The molecule has 0 N–H and O–H groups in total. The van der Waals surface area contributed by atoms with Crippen molar-refractivity contribution >= 4 is 19.7 Å². The fourth-order valence-electron chi connectivity index (χ4n) is 0. The van der Waals surface area contributed by atoms with Crippen molar-refractivity contribution in [2.24, 2.45) is 0 Å². The van der Waals surface area contributed by atoms with E-state index in [1.807, 2.05) is 0 Å². The van der Waals surface area contributed by atoms with Crippen LogP contribution in [0.15, 0.2) is 0 Å². The second-order valence-electron chi connectivity index (χ2n) is 0.438. The number of hydrogen-bond donors (Lipinski definition) is 0. The van der Waals surface area contributed by atoms with Crippen LogP contribution in [0.3, 0.4) is 0 Å². The van der Waals surface area contributed by atoms with E-state index in [4.69, 9.17) is 4.11 Å². The second kappa shape index (κ2) is 1.14. The van der Waals surface area contributed by atoms with Crippen molar-refractivity contribution in [1.82, 2.24) is 0 Å². The highest BCUT2D eigenvalue weighted by atomic mass is 35.7. The van der Waals surface area contributed by atoms with E-state index in [-0.39, 0.29) is 0 Å². The van der Waals surface area contributed by atoms with Crippen molar-refractivity contribution in [2.45, 2.75) is 0 Å². The highest BCUT2D eigenvalue weighted by Crippen LogP contribution is 1.83. The Balaban J connectivity index is 4.53. The van der Waals surface area contributed by atoms with Gasteiger partial charge in [-0.1, -0.05) is 0 Å². The Kier molecular flexibility index (Phi) is 0.411. The molecule has 0 aliphatic carbocycles. The zero-order chi connectivity index (χ0) is 7.00. The van der Waals surface area contributed by atoms with Crippen LogP contribution < -0.4 is 0 Å². The topological polar surface area (TPSA) is 34.1 Å². The van der Waals surface area contributed by atoms with Crippen molar-refractivity contribution < 1.29 is 12.5 Å². The Bertz CT molecular complexity index is 166. The molecule has 0 aliphatic rings. The third kappa shape index (κ3) is 369. The van der Waals surface area contributed by atoms with Gasteiger partial charge in [-0.15, -0.1) is 0 Å². The van der Waals surface area contributed by atoms with Gasteiger partial charge in [-0.2, -0.15) is 0 Å². The van der Waals surface area contributed by atoms with E-state index >= 15 is 0 Å². The first-order chi connectivity index (χ1) is 3.25. The first kappa shape index (κ1) is 1.80. The summed E-state index contributed by atoms with van der Waals surface area (Å²) in [5.41, 5.74) is 0. The lowest BCUT2D eigenvalue weighted by Gasteiger charge is -1.65. The third-order valence-corrected chi connectivity index (χ3v) is 0. The van der Waals surface area contributed by atoms with Gasteiger partial charge in [-0.05, 0) is 0 Å². The van der Waals surface area contributed by atoms with Crippen molar-refractivity contribution in [3.8, 4) is 0 Å². The largest absolute Gasteiger partial charge is 0.229 e. The molecule has 0 aromatic rings. The normalized spacial score (nSPS) is 23.0. The summed E-state index contributed by atoms with van der Waals surface area (Å²) in [6, 6.07) is 0. The lowest BCUT2D eigenvalue weighted by atomic mass is 12.0. The van der Waals surface area contributed by atoms with Gasteiger partial charge in [0.15, 0.2) is 0 Å². The minimum atomic E-state index is -4.37. The average molecular weight is 118 g/mol. The molecule has 0 atom stereocenters. The van der Waals surface area contributed by atoms with Crippen LogP contribution in [0.25, 0.3) is 0 Å². The number of hydrogen-bond acceptors (Lipinski definition) is 2. The maximum Gasteiger partial charge on any atom is 0.229 e. The minimum absolute atomic E-state index is 3.07. The lowest BCUT2D eigenvalue weighted by Crippen LogP contribution is -1.76. The quantitative estimate of drug-likeness (QED) is 0.425. The smallest absolute Gasteiger partial charge is 0.213 e. The summed E-state index contributed by atoms with van der Waals surface area (Å²) in [5, 5.41) is 0. The van der Waals surface area contributed by atoms with E-state index in [1.165, 1.54) is 0 Å². The molecule has 32 valence electrons. The van der Waals surface area contributed by atoms with Gasteiger partial charge in [-0.25, -0.2) is 8.42 Å². The summed E-state index contributed by atoms with van der Waals surface area (Å²) in [6.45, 7) is 0. The third-order valence-electron chi connectivity index (χ3n) is 0. The van der Waals surface area contributed by atoms with Crippen LogP contribution >= 0.6 is 10.7 Å². The summed E-state index contributed by atoms with van der Waals surface area (Å²) >= 11 is 0. The van der Waals surface area contributed by atoms with E-state index in [0.29, 0.717) is 0 Å². The number of halogens is 1. The monoisotopic (exact) mass is 117 g/mol. The fraction of sp³-hybridized carbons (Fsp3) is 1.00. The molecule has 5 heavy (non-hydrogen) atoms. The Morgan fingerprint density at radius 1 is 2.00 bits per heavy atom. The predicted octanol–water partition coefficient (Wildman–Crippen LogP) is 0.185. The van der Waals surface area contributed by atoms with E-state index in [0.717, 1.165) is 0 Å². The van der Waals surface area contributed by atoms with Gasteiger partial charge in [0.05, 0.1) is 6.18 Å². The maximum atomic E-state index is 9.86. The predicted molar refractivity (Wildman–Crippen MR) is 20.7 cm³/mol. The summed E-state index contributed by atoms with van der Waals surface area (Å²) < 4.78 is 38.3. The Morgan fingerprint density at radius 3 is 2.20 bits per heavy atom. The SMILES string of the molecule is [2H]C([2H])([2H])S(=O)(=O)Cl. The van der Waals surface area contributed by atoms with Gasteiger partial charge in [0.25, 0.3) is 0 Å². The molecule has 0 rings (SSSR count). The van der Waals surface area contributed by atoms with Crippen LogP contribution in [0, 0.1) is 0 Å². The van der Waals surface area contributed by atoms with E-state index in [2.05, 4.69) is 10.7 Å². The molecule has 0 radical (unpaired) electrons. The molecule has 0 fully saturated rings. The second-order valence-corrected chi connectivity index (χ2v) is 2.53. The van der Waals surface area contributed by atoms with E-state index in [9.17, 15) is 8.42 Å². The lowest BCUT2D eigenvalue weighted by molar-refractivity contribution is 0.615. The summed E-state index contributed by atoms with van der Waals surface area (Å²) in [5.74, 6) is 0. The zero-order valence-electron chi connectivity index (χ0n) is 5.10. The molecular weight excluding hydrogens is 112 g/mol. The molecule has 0 aromatic carbocycles. The van der Waals surface area contributed by atoms with Gasteiger partial charge < -0.3 is 0 Å². The highest BCUT2D eigenvalue weighted by molar-refractivity contribution is 8.13. The van der Waals surface area contributed by atoms with Crippen LogP contribution in [0.1, 0.15) is 4.11 Å². The Hall–Kier alpha value is 0.240. The molecule has 0 saturated carbocycles. The van der Waals surface area contributed by atoms with Crippen molar-refractivity contribution in [2.75, 3.05) is 6.18 Å². The van der Waals surface area contributed by atoms with Crippen LogP contribution in [-0.2, 0) is 9.05 Å². The van der Waals surface area contributed by atoms with E-state index in [1.54, 1.807) is 0 Å².